The fourth-order valence-electron chi connectivity index (χ4n) is 4.84. The van der Waals surface area contributed by atoms with Crippen molar-refractivity contribution in [3.63, 3.8) is 0 Å². The Kier molecular flexibility index (Phi) is 5.71. The molecule has 0 spiro atoms. The minimum Gasteiger partial charge on any atom is -0.317 e. The van der Waals surface area contributed by atoms with Crippen molar-refractivity contribution < 1.29 is 4.21 Å². The number of nitrogens with zero attached hydrogens (tertiary/aromatic N) is 1. The standard InChI is InChI=1S/C24H31N3OS/c28-29(21-6-2-1-3-7-21)27-14-4-5-20-15-19(8-9-24(20)27)22-16-23(22)26-17-18-10-12-25-13-11-18/h1-3,6-9,15,18,22-23,25-26H,4-5,10-14,16-17H2. The van der Waals surface area contributed by atoms with Crippen LogP contribution in [0.2, 0.25) is 0 Å². The van der Waals surface area contributed by atoms with E-state index in [9.17, 15) is 4.21 Å². The topological polar surface area (TPSA) is 44.4 Å². The summed E-state index contributed by atoms with van der Waals surface area (Å²) in [7, 11) is -1.13. The molecule has 2 aliphatic heterocycles. The first-order valence-electron chi connectivity index (χ1n) is 11.1. The molecule has 2 heterocycles. The van der Waals surface area contributed by atoms with E-state index in [0.29, 0.717) is 12.0 Å². The van der Waals surface area contributed by atoms with Crippen LogP contribution in [0.4, 0.5) is 5.69 Å². The monoisotopic (exact) mass is 409 g/mol. The maximum Gasteiger partial charge on any atom is 0.152 e. The zero-order valence-corrected chi connectivity index (χ0v) is 17.8. The summed E-state index contributed by atoms with van der Waals surface area (Å²) in [6, 6.07) is 17.3. The van der Waals surface area contributed by atoms with Crippen LogP contribution in [-0.2, 0) is 17.4 Å². The molecule has 5 rings (SSSR count). The molecule has 1 saturated heterocycles. The van der Waals surface area contributed by atoms with E-state index in [0.717, 1.165) is 42.4 Å². The van der Waals surface area contributed by atoms with Crippen LogP contribution < -0.4 is 14.9 Å². The Morgan fingerprint density at radius 1 is 1.10 bits per heavy atom. The van der Waals surface area contributed by atoms with E-state index < -0.39 is 11.0 Å². The molecule has 29 heavy (non-hydrogen) atoms. The molecule has 3 atom stereocenters. The van der Waals surface area contributed by atoms with E-state index >= 15 is 0 Å². The van der Waals surface area contributed by atoms with Crippen LogP contribution in [0.3, 0.4) is 0 Å². The summed E-state index contributed by atoms with van der Waals surface area (Å²) in [4.78, 5) is 0.883. The summed E-state index contributed by atoms with van der Waals surface area (Å²) in [6.45, 7) is 4.37. The minimum absolute atomic E-state index is 0.640. The summed E-state index contributed by atoms with van der Waals surface area (Å²) >= 11 is 0. The van der Waals surface area contributed by atoms with Crippen molar-refractivity contribution >= 4 is 16.7 Å². The molecule has 2 N–H and O–H groups in total. The highest BCUT2D eigenvalue weighted by Crippen LogP contribution is 2.43. The second-order valence-corrected chi connectivity index (χ2v) is 10.1. The molecule has 154 valence electrons. The number of anilines is 1. The van der Waals surface area contributed by atoms with Gasteiger partial charge in [-0.05, 0) is 87.0 Å². The van der Waals surface area contributed by atoms with E-state index in [1.165, 1.54) is 43.5 Å². The Labute approximate surface area is 176 Å². The van der Waals surface area contributed by atoms with Gasteiger partial charge in [-0.2, -0.15) is 0 Å². The molecule has 1 aliphatic carbocycles. The predicted octanol–water partition coefficient (Wildman–Crippen LogP) is 3.61. The maximum absolute atomic E-state index is 13.1. The second-order valence-electron chi connectivity index (χ2n) is 8.71. The Balaban J connectivity index is 1.25. The van der Waals surface area contributed by atoms with Crippen LogP contribution in [0.1, 0.15) is 42.7 Å². The van der Waals surface area contributed by atoms with E-state index in [2.05, 4.69) is 33.1 Å². The molecule has 2 aromatic carbocycles. The smallest absolute Gasteiger partial charge is 0.152 e. The zero-order chi connectivity index (χ0) is 19.6. The predicted molar refractivity (Wildman–Crippen MR) is 120 cm³/mol. The highest BCUT2D eigenvalue weighted by Gasteiger charge is 2.38. The highest BCUT2D eigenvalue weighted by atomic mass is 32.2. The Morgan fingerprint density at radius 3 is 2.76 bits per heavy atom. The van der Waals surface area contributed by atoms with Gasteiger partial charge in [0.05, 0.1) is 10.6 Å². The lowest BCUT2D eigenvalue weighted by atomic mass is 9.97. The first kappa shape index (κ1) is 19.3. The average molecular weight is 410 g/mol. The normalized spacial score (nSPS) is 25.4. The van der Waals surface area contributed by atoms with Crippen molar-refractivity contribution in [1.82, 2.24) is 10.6 Å². The second kappa shape index (κ2) is 8.58. The summed E-state index contributed by atoms with van der Waals surface area (Å²) in [5.74, 6) is 1.49. The molecule has 3 unspecified atom stereocenters. The van der Waals surface area contributed by atoms with E-state index in [-0.39, 0.29) is 0 Å². The van der Waals surface area contributed by atoms with Crippen molar-refractivity contribution in [2.75, 3.05) is 30.5 Å². The molecule has 5 heteroatoms. The summed E-state index contributed by atoms with van der Waals surface area (Å²) in [5, 5.41) is 7.27. The average Bonchev–Trinajstić information content (AvgIpc) is 3.57. The van der Waals surface area contributed by atoms with Crippen LogP contribution in [0, 0.1) is 5.92 Å². The van der Waals surface area contributed by atoms with Gasteiger partial charge in [0.1, 0.15) is 0 Å². The summed E-state index contributed by atoms with van der Waals surface area (Å²) in [5.41, 5.74) is 3.97. The molecule has 2 aromatic rings. The van der Waals surface area contributed by atoms with Gasteiger partial charge in [0.2, 0.25) is 0 Å². The van der Waals surface area contributed by atoms with E-state index in [1.54, 1.807) is 0 Å². The third-order valence-corrected chi connectivity index (χ3v) is 8.13. The first-order chi connectivity index (χ1) is 14.3. The van der Waals surface area contributed by atoms with Crippen LogP contribution in [-0.4, -0.2) is 36.4 Å². The van der Waals surface area contributed by atoms with Gasteiger partial charge in [-0.15, -0.1) is 0 Å². The molecule has 0 bridgehead atoms. The molecule has 2 fully saturated rings. The van der Waals surface area contributed by atoms with Gasteiger partial charge in [-0.3, -0.25) is 4.31 Å². The molecule has 3 aliphatic rings. The lowest BCUT2D eigenvalue weighted by Gasteiger charge is -2.30. The Hall–Kier alpha value is -1.69. The number of nitrogens with one attached hydrogen (secondary N) is 2. The van der Waals surface area contributed by atoms with Gasteiger partial charge >= 0.3 is 0 Å². The molecule has 0 aromatic heterocycles. The quantitative estimate of drug-likeness (QED) is 0.766. The largest absolute Gasteiger partial charge is 0.317 e. The van der Waals surface area contributed by atoms with E-state index in [4.69, 9.17) is 0 Å². The lowest BCUT2D eigenvalue weighted by Crippen LogP contribution is -2.34. The van der Waals surface area contributed by atoms with Crippen LogP contribution in [0.5, 0.6) is 0 Å². The molecule has 0 amide bonds. The number of hydrogen-bond donors (Lipinski definition) is 2. The van der Waals surface area contributed by atoms with Gasteiger partial charge in [0.25, 0.3) is 0 Å². The molecule has 1 saturated carbocycles. The third kappa shape index (κ3) is 4.27. The molecule has 0 radical (unpaired) electrons. The Morgan fingerprint density at radius 2 is 1.93 bits per heavy atom. The number of aryl methyl sites for hydroxylation is 1. The third-order valence-electron chi connectivity index (χ3n) is 6.67. The van der Waals surface area contributed by atoms with Gasteiger partial charge in [0.15, 0.2) is 11.0 Å². The number of rotatable bonds is 6. The number of hydrogen-bond acceptors (Lipinski definition) is 3. The minimum atomic E-state index is -1.13. The molecular formula is C24H31N3OS. The zero-order valence-electron chi connectivity index (χ0n) is 17.0. The van der Waals surface area contributed by atoms with Crippen molar-refractivity contribution in [1.29, 1.82) is 0 Å². The molecule has 4 nitrogen and oxygen atoms in total. The van der Waals surface area contributed by atoms with Gasteiger partial charge in [0, 0.05) is 18.5 Å². The van der Waals surface area contributed by atoms with Crippen LogP contribution in [0.15, 0.2) is 53.4 Å². The van der Waals surface area contributed by atoms with Gasteiger partial charge < -0.3 is 10.6 Å². The fourth-order valence-corrected chi connectivity index (χ4v) is 6.14. The first-order valence-corrected chi connectivity index (χ1v) is 12.2. The number of fused-ring (bicyclic) bond motifs is 1. The van der Waals surface area contributed by atoms with Crippen molar-refractivity contribution in [2.45, 2.75) is 49.0 Å². The Bertz CT molecular complexity index is 866. The SMILES string of the molecule is O=S(c1ccccc1)N1CCCc2cc(C3CC3NCC3CCNCC3)ccc21. The van der Waals surface area contributed by atoms with Crippen molar-refractivity contribution in [2.24, 2.45) is 5.92 Å². The fraction of sp³-hybridized carbons (Fsp3) is 0.500. The lowest BCUT2D eigenvalue weighted by molar-refractivity contribution is 0.355. The highest BCUT2D eigenvalue weighted by molar-refractivity contribution is 7.86. The number of piperidine rings is 1. The number of benzene rings is 2. The van der Waals surface area contributed by atoms with Gasteiger partial charge in [-0.1, -0.05) is 30.3 Å². The molecular weight excluding hydrogens is 378 g/mol. The van der Waals surface area contributed by atoms with Gasteiger partial charge in [-0.25, -0.2) is 4.21 Å². The summed E-state index contributed by atoms with van der Waals surface area (Å²) < 4.78 is 15.2. The van der Waals surface area contributed by atoms with Crippen molar-refractivity contribution in [3.05, 3.63) is 59.7 Å². The van der Waals surface area contributed by atoms with Crippen LogP contribution in [0.25, 0.3) is 0 Å². The maximum atomic E-state index is 13.1. The van der Waals surface area contributed by atoms with E-state index in [1.807, 2.05) is 30.3 Å². The van der Waals surface area contributed by atoms with Crippen molar-refractivity contribution in [3.8, 4) is 0 Å². The summed E-state index contributed by atoms with van der Waals surface area (Å²) in [6.07, 6.45) is 6.02. The van der Waals surface area contributed by atoms with Crippen LogP contribution >= 0.6 is 0 Å².